The first-order valence-electron chi connectivity index (χ1n) is 8.13. The normalized spacial score (nSPS) is 11.6. The summed E-state index contributed by atoms with van der Waals surface area (Å²) in [5.74, 6) is -0.0129. The zero-order valence-electron chi connectivity index (χ0n) is 14.1. The van der Waals surface area contributed by atoms with Crippen LogP contribution in [0, 0.1) is 0 Å². The molecule has 0 bridgehead atoms. The third-order valence-electron chi connectivity index (χ3n) is 4.25. The molecule has 0 radical (unpaired) electrons. The number of benzene rings is 4. The van der Waals surface area contributed by atoms with Crippen molar-refractivity contribution < 1.29 is 16.8 Å². The molecule has 0 heterocycles. The lowest BCUT2D eigenvalue weighted by molar-refractivity contribution is 0.394. The molecule has 0 aromatic heterocycles. The quantitative estimate of drug-likeness (QED) is 0.521. The van der Waals surface area contributed by atoms with Crippen LogP contribution in [0.5, 0.6) is 11.5 Å². The van der Waals surface area contributed by atoms with Crippen LogP contribution in [0.25, 0.3) is 21.5 Å². The molecule has 6 nitrogen and oxygen atoms in total. The topological polar surface area (TPSA) is 105 Å². The van der Waals surface area contributed by atoms with E-state index in [-0.39, 0.29) is 22.9 Å². The van der Waals surface area contributed by atoms with Crippen LogP contribution >= 0.6 is 0 Å². The van der Waals surface area contributed by atoms with E-state index in [9.17, 15) is 8.42 Å². The van der Waals surface area contributed by atoms with Crippen LogP contribution in [0.4, 0.5) is 11.4 Å². The molecule has 0 saturated heterocycles. The number of fused-ring (bicyclic) bond motifs is 2. The molecule has 7 heteroatoms. The van der Waals surface area contributed by atoms with Crippen LogP contribution in [-0.4, -0.2) is 8.42 Å². The van der Waals surface area contributed by atoms with Crippen molar-refractivity contribution in [2.24, 2.45) is 0 Å². The lowest BCUT2D eigenvalue weighted by Crippen LogP contribution is -2.18. The van der Waals surface area contributed by atoms with Crippen molar-refractivity contribution >= 4 is 43.3 Å². The molecule has 0 amide bonds. The highest BCUT2D eigenvalue weighted by atomic mass is 32.3. The SMILES string of the molecule is Nc1c(OS(=O)(=O)Oc2ccc3ccccc3c2N)ccc2ccccc12. The number of anilines is 2. The van der Waals surface area contributed by atoms with E-state index in [2.05, 4.69) is 0 Å². The Labute approximate surface area is 156 Å². The second-order valence-electron chi connectivity index (χ2n) is 5.97. The van der Waals surface area contributed by atoms with Crippen LogP contribution in [0.1, 0.15) is 0 Å². The average Bonchev–Trinajstić information content (AvgIpc) is 2.66. The van der Waals surface area contributed by atoms with Gasteiger partial charge in [-0.3, -0.25) is 0 Å². The third-order valence-corrected chi connectivity index (χ3v) is 5.01. The number of nitrogens with two attached hydrogens (primary N) is 2. The highest BCUT2D eigenvalue weighted by molar-refractivity contribution is 7.82. The van der Waals surface area contributed by atoms with E-state index < -0.39 is 10.4 Å². The minimum Gasteiger partial charge on any atom is -0.395 e. The maximum atomic E-state index is 12.4. The van der Waals surface area contributed by atoms with Gasteiger partial charge in [0.05, 0.1) is 11.4 Å². The van der Waals surface area contributed by atoms with Gasteiger partial charge in [-0.1, -0.05) is 60.7 Å². The molecule has 0 spiro atoms. The van der Waals surface area contributed by atoms with Crippen molar-refractivity contribution in [3.63, 3.8) is 0 Å². The van der Waals surface area contributed by atoms with E-state index in [1.807, 2.05) is 36.4 Å². The van der Waals surface area contributed by atoms with Crippen molar-refractivity contribution in [1.29, 1.82) is 0 Å². The van der Waals surface area contributed by atoms with Crippen molar-refractivity contribution in [2.75, 3.05) is 11.5 Å². The number of nitrogen functional groups attached to an aromatic ring is 2. The Balaban J connectivity index is 1.67. The van der Waals surface area contributed by atoms with Gasteiger partial charge in [-0.2, -0.15) is 0 Å². The Morgan fingerprint density at radius 2 is 1.00 bits per heavy atom. The Kier molecular flexibility index (Phi) is 4.01. The monoisotopic (exact) mass is 380 g/mol. The molecule has 0 unspecified atom stereocenters. The Morgan fingerprint density at radius 1 is 0.593 bits per heavy atom. The molecular formula is C20H16N2O4S. The predicted octanol–water partition coefficient (Wildman–Crippen LogP) is 3.86. The van der Waals surface area contributed by atoms with Gasteiger partial charge in [-0.25, -0.2) is 0 Å². The molecule has 4 rings (SSSR count). The second-order valence-corrected chi connectivity index (χ2v) is 7.12. The van der Waals surface area contributed by atoms with Crippen molar-refractivity contribution in [1.82, 2.24) is 0 Å². The summed E-state index contributed by atoms with van der Waals surface area (Å²) in [4.78, 5) is 0. The lowest BCUT2D eigenvalue weighted by atomic mass is 10.1. The molecular weight excluding hydrogens is 364 g/mol. The highest BCUT2D eigenvalue weighted by Crippen LogP contribution is 2.34. The van der Waals surface area contributed by atoms with E-state index in [1.54, 1.807) is 24.3 Å². The molecule has 0 aliphatic carbocycles. The lowest BCUT2D eigenvalue weighted by Gasteiger charge is -2.13. The summed E-state index contributed by atoms with van der Waals surface area (Å²) in [5.41, 5.74) is 12.5. The Hall–Kier alpha value is -3.45. The van der Waals surface area contributed by atoms with Crippen LogP contribution in [0.3, 0.4) is 0 Å². The minimum absolute atomic E-state index is 0.00643. The fraction of sp³-hybridized carbons (Fsp3) is 0. The van der Waals surface area contributed by atoms with Crippen LogP contribution < -0.4 is 19.8 Å². The fourth-order valence-electron chi connectivity index (χ4n) is 2.93. The third kappa shape index (κ3) is 3.20. The fourth-order valence-corrected chi connectivity index (χ4v) is 3.70. The first kappa shape index (κ1) is 17.0. The molecule has 4 N–H and O–H groups in total. The van der Waals surface area contributed by atoms with Crippen molar-refractivity contribution in [3.8, 4) is 11.5 Å². The van der Waals surface area contributed by atoms with Gasteiger partial charge in [0.15, 0.2) is 11.5 Å². The molecule has 27 heavy (non-hydrogen) atoms. The van der Waals surface area contributed by atoms with Gasteiger partial charge >= 0.3 is 10.4 Å². The molecule has 0 fully saturated rings. The smallest absolute Gasteiger partial charge is 0.395 e. The van der Waals surface area contributed by atoms with Crippen LogP contribution in [0.2, 0.25) is 0 Å². The maximum absolute atomic E-state index is 12.4. The number of hydrogen-bond acceptors (Lipinski definition) is 6. The Morgan fingerprint density at radius 3 is 1.44 bits per heavy atom. The summed E-state index contributed by atoms with van der Waals surface area (Å²) in [6.45, 7) is 0. The van der Waals surface area contributed by atoms with Crippen LogP contribution in [-0.2, 0) is 10.4 Å². The second kappa shape index (κ2) is 6.37. The Bertz CT molecular complexity index is 1180. The molecule has 4 aromatic carbocycles. The van der Waals surface area contributed by atoms with E-state index in [1.165, 1.54) is 12.1 Å². The predicted molar refractivity (Wildman–Crippen MR) is 107 cm³/mol. The van der Waals surface area contributed by atoms with Gasteiger partial charge in [0.25, 0.3) is 0 Å². The molecule has 0 aliphatic heterocycles. The molecule has 0 atom stereocenters. The largest absolute Gasteiger partial charge is 0.501 e. The summed E-state index contributed by atoms with van der Waals surface area (Å²) in [6, 6.07) is 21.1. The standard InChI is InChI=1S/C20H16N2O4S/c21-19-15-7-3-1-5-13(15)9-11-17(19)25-27(23,24)26-18-12-10-14-6-2-4-8-16(14)20(18)22/h1-12H,21-22H2. The minimum atomic E-state index is -4.43. The summed E-state index contributed by atoms with van der Waals surface area (Å²) in [5, 5.41) is 3.13. The van der Waals surface area contributed by atoms with Gasteiger partial charge in [0.1, 0.15) is 0 Å². The average molecular weight is 380 g/mol. The van der Waals surface area contributed by atoms with Crippen molar-refractivity contribution in [2.45, 2.75) is 0 Å². The summed E-state index contributed by atoms with van der Waals surface area (Å²) in [7, 11) is -4.43. The maximum Gasteiger partial charge on any atom is 0.501 e. The van der Waals surface area contributed by atoms with Crippen molar-refractivity contribution in [3.05, 3.63) is 72.8 Å². The summed E-state index contributed by atoms with van der Waals surface area (Å²) < 4.78 is 34.9. The van der Waals surface area contributed by atoms with E-state index >= 15 is 0 Å². The summed E-state index contributed by atoms with van der Waals surface area (Å²) >= 11 is 0. The number of rotatable bonds is 4. The zero-order valence-corrected chi connectivity index (χ0v) is 14.9. The van der Waals surface area contributed by atoms with Gasteiger partial charge < -0.3 is 19.8 Å². The van der Waals surface area contributed by atoms with Gasteiger partial charge in [-0.05, 0) is 22.9 Å². The van der Waals surface area contributed by atoms with E-state index in [0.29, 0.717) is 10.8 Å². The molecule has 136 valence electrons. The molecule has 4 aromatic rings. The zero-order chi connectivity index (χ0) is 19.0. The van der Waals surface area contributed by atoms with E-state index in [0.717, 1.165) is 10.8 Å². The van der Waals surface area contributed by atoms with Gasteiger partial charge in [-0.15, -0.1) is 8.42 Å². The molecule has 0 saturated carbocycles. The number of hydrogen-bond donors (Lipinski definition) is 2. The first-order chi connectivity index (χ1) is 12.9. The van der Waals surface area contributed by atoms with Crippen LogP contribution in [0.15, 0.2) is 72.8 Å². The van der Waals surface area contributed by atoms with E-state index in [4.69, 9.17) is 19.8 Å². The summed E-state index contributed by atoms with van der Waals surface area (Å²) in [6.07, 6.45) is 0. The highest BCUT2D eigenvalue weighted by Gasteiger charge is 2.20. The van der Waals surface area contributed by atoms with Gasteiger partial charge in [0, 0.05) is 10.8 Å². The first-order valence-corrected chi connectivity index (χ1v) is 9.46. The van der Waals surface area contributed by atoms with Gasteiger partial charge in [0.2, 0.25) is 0 Å². The molecule has 0 aliphatic rings.